The van der Waals surface area contributed by atoms with Crippen LogP contribution in [0.4, 0.5) is 0 Å². The van der Waals surface area contributed by atoms with Crippen molar-refractivity contribution in [3.05, 3.63) is 53.3 Å². The molecule has 4 nitrogen and oxygen atoms in total. The van der Waals surface area contributed by atoms with Gasteiger partial charge in [-0.15, -0.1) is 0 Å². The number of pyridine rings is 1. The molecule has 3 rings (SSSR count). The van der Waals surface area contributed by atoms with E-state index in [2.05, 4.69) is 15.0 Å². The smallest absolute Gasteiger partial charge is 0.197 e. The number of hydrogen-bond donors (Lipinski definition) is 1. The van der Waals surface area contributed by atoms with Crippen LogP contribution in [0.5, 0.6) is 0 Å². The van der Waals surface area contributed by atoms with E-state index in [0.717, 1.165) is 16.7 Å². The summed E-state index contributed by atoms with van der Waals surface area (Å²) in [5.74, 6) is 0.342. The Bertz CT molecular complexity index is 742. The van der Waals surface area contributed by atoms with Gasteiger partial charge in [0, 0.05) is 11.2 Å². The van der Waals surface area contributed by atoms with E-state index < -0.39 is 10.8 Å². The van der Waals surface area contributed by atoms with E-state index >= 15 is 0 Å². The summed E-state index contributed by atoms with van der Waals surface area (Å²) < 4.78 is 12.2. The maximum Gasteiger partial charge on any atom is 0.197 e. The van der Waals surface area contributed by atoms with Crippen molar-refractivity contribution in [2.75, 3.05) is 0 Å². The molecule has 0 amide bonds. The molecule has 0 aliphatic rings. The van der Waals surface area contributed by atoms with Crippen LogP contribution in [0.2, 0.25) is 5.02 Å². The topological polar surface area (TPSA) is 58.6 Å². The lowest BCUT2D eigenvalue weighted by molar-refractivity contribution is 0.677. The van der Waals surface area contributed by atoms with Gasteiger partial charge in [0.05, 0.1) is 33.3 Å². The highest BCUT2D eigenvalue weighted by Gasteiger charge is 2.11. The highest BCUT2D eigenvalue weighted by atomic mass is 35.5. The van der Waals surface area contributed by atoms with Crippen LogP contribution in [0.3, 0.4) is 0 Å². The van der Waals surface area contributed by atoms with Crippen LogP contribution in [0, 0.1) is 0 Å². The van der Waals surface area contributed by atoms with Gasteiger partial charge < -0.3 is 4.98 Å². The lowest BCUT2D eigenvalue weighted by atomic mass is 10.3. The van der Waals surface area contributed by atoms with Gasteiger partial charge >= 0.3 is 0 Å². The zero-order valence-electron chi connectivity index (χ0n) is 9.84. The van der Waals surface area contributed by atoms with Crippen molar-refractivity contribution in [1.29, 1.82) is 0 Å². The largest absolute Gasteiger partial charge is 0.331 e. The molecule has 96 valence electrons. The van der Waals surface area contributed by atoms with Crippen LogP contribution in [0.15, 0.2) is 47.8 Å². The molecule has 3 aromatic rings. The number of aromatic amines is 1. The number of fused-ring (bicyclic) bond motifs is 1. The first-order valence-electron chi connectivity index (χ1n) is 5.66. The third-order valence-electron chi connectivity index (χ3n) is 2.64. The number of halogens is 1. The predicted molar refractivity (Wildman–Crippen MR) is 75.5 cm³/mol. The minimum Gasteiger partial charge on any atom is -0.331 e. The Labute approximate surface area is 117 Å². The quantitative estimate of drug-likeness (QED) is 0.807. The van der Waals surface area contributed by atoms with Gasteiger partial charge in [0.15, 0.2) is 5.16 Å². The van der Waals surface area contributed by atoms with Crippen molar-refractivity contribution in [2.24, 2.45) is 0 Å². The lowest BCUT2D eigenvalue weighted by Gasteiger charge is -1.97. The Balaban J connectivity index is 1.89. The maximum absolute atomic E-state index is 12.2. The molecule has 2 heterocycles. The number of nitrogens with zero attached hydrogens (tertiary/aromatic N) is 2. The summed E-state index contributed by atoms with van der Waals surface area (Å²) in [5, 5.41) is 1.07. The average Bonchev–Trinajstić information content (AvgIpc) is 2.83. The van der Waals surface area contributed by atoms with Crippen LogP contribution < -0.4 is 0 Å². The van der Waals surface area contributed by atoms with Gasteiger partial charge in [0.25, 0.3) is 0 Å². The molecule has 1 atom stereocenters. The molecule has 1 unspecified atom stereocenters. The molecule has 0 spiro atoms. The first-order valence-corrected chi connectivity index (χ1v) is 7.35. The van der Waals surface area contributed by atoms with Crippen LogP contribution in [0.25, 0.3) is 11.0 Å². The molecular weight excluding hydrogens is 282 g/mol. The van der Waals surface area contributed by atoms with Crippen molar-refractivity contribution in [3.8, 4) is 0 Å². The van der Waals surface area contributed by atoms with E-state index in [1.54, 1.807) is 24.4 Å². The maximum atomic E-state index is 12.2. The number of hydrogen-bond acceptors (Lipinski definition) is 3. The van der Waals surface area contributed by atoms with E-state index in [1.165, 1.54) is 0 Å². The minimum atomic E-state index is -1.25. The summed E-state index contributed by atoms with van der Waals surface area (Å²) in [4.78, 5) is 11.5. The summed E-state index contributed by atoms with van der Waals surface area (Å²) in [6.45, 7) is 0. The van der Waals surface area contributed by atoms with E-state index in [1.807, 2.05) is 18.2 Å². The average molecular weight is 292 g/mol. The van der Waals surface area contributed by atoms with E-state index in [9.17, 15) is 4.21 Å². The third kappa shape index (κ3) is 2.67. The molecule has 0 fully saturated rings. The van der Waals surface area contributed by atoms with Crippen molar-refractivity contribution in [2.45, 2.75) is 10.9 Å². The molecule has 0 aliphatic heterocycles. The number of benzene rings is 1. The molecule has 0 saturated heterocycles. The molecule has 0 bridgehead atoms. The monoisotopic (exact) mass is 291 g/mol. The van der Waals surface area contributed by atoms with Crippen molar-refractivity contribution in [3.63, 3.8) is 0 Å². The lowest BCUT2D eigenvalue weighted by Crippen LogP contribution is -2.00. The predicted octanol–water partition coefficient (Wildman–Crippen LogP) is 2.92. The Morgan fingerprint density at radius 2 is 2.16 bits per heavy atom. The Morgan fingerprint density at radius 3 is 2.95 bits per heavy atom. The number of aromatic nitrogens is 3. The summed E-state index contributed by atoms with van der Waals surface area (Å²) in [6.07, 6.45) is 1.69. The number of imidazole rings is 1. The number of H-pyrrole nitrogens is 1. The second-order valence-electron chi connectivity index (χ2n) is 4.01. The van der Waals surface area contributed by atoms with E-state index in [-0.39, 0.29) is 0 Å². The summed E-state index contributed by atoms with van der Waals surface area (Å²) in [6, 6.07) is 10.9. The van der Waals surface area contributed by atoms with Gasteiger partial charge in [-0.05, 0) is 30.3 Å². The second-order valence-corrected chi connectivity index (χ2v) is 5.82. The fourth-order valence-electron chi connectivity index (χ4n) is 1.75. The summed E-state index contributed by atoms with van der Waals surface area (Å²) in [5.41, 5.74) is 2.32. The first-order chi connectivity index (χ1) is 9.22. The first kappa shape index (κ1) is 12.3. The Morgan fingerprint density at radius 1 is 1.26 bits per heavy atom. The Kier molecular flexibility index (Phi) is 3.31. The fourth-order valence-corrected chi connectivity index (χ4v) is 2.92. The molecule has 6 heteroatoms. The molecule has 19 heavy (non-hydrogen) atoms. The molecule has 0 saturated carbocycles. The zero-order chi connectivity index (χ0) is 13.2. The molecule has 0 radical (unpaired) electrons. The molecule has 2 aromatic heterocycles. The highest BCUT2D eigenvalue weighted by Crippen LogP contribution is 2.19. The van der Waals surface area contributed by atoms with Gasteiger partial charge in [-0.2, -0.15) is 0 Å². The fraction of sp³-hybridized carbons (Fsp3) is 0.0769. The van der Waals surface area contributed by atoms with Crippen LogP contribution >= 0.6 is 11.6 Å². The zero-order valence-corrected chi connectivity index (χ0v) is 11.4. The van der Waals surface area contributed by atoms with Crippen molar-refractivity contribution >= 4 is 33.4 Å². The molecule has 0 aliphatic carbocycles. The molecule has 1 N–H and O–H groups in total. The van der Waals surface area contributed by atoms with Crippen LogP contribution in [-0.2, 0) is 16.6 Å². The van der Waals surface area contributed by atoms with Gasteiger partial charge in [0.2, 0.25) is 0 Å². The van der Waals surface area contributed by atoms with Crippen molar-refractivity contribution < 1.29 is 4.21 Å². The number of rotatable bonds is 3. The van der Waals surface area contributed by atoms with E-state index in [4.69, 9.17) is 11.6 Å². The van der Waals surface area contributed by atoms with Gasteiger partial charge in [-0.3, -0.25) is 9.19 Å². The molecule has 1 aromatic carbocycles. The highest BCUT2D eigenvalue weighted by molar-refractivity contribution is 7.84. The minimum absolute atomic E-state index is 0.342. The summed E-state index contributed by atoms with van der Waals surface area (Å²) in [7, 11) is -1.25. The van der Waals surface area contributed by atoms with Gasteiger partial charge in [-0.25, -0.2) is 4.98 Å². The van der Waals surface area contributed by atoms with Crippen LogP contribution in [0.1, 0.15) is 5.69 Å². The van der Waals surface area contributed by atoms with E-state index in [0.29, 0.717) is 15.9 Å². The van der Waals surface area contributed by atoms with Gasteiger partial charge in [0.1, 0.15) is 0 Å². The van der Waals surface area contributed by atoms with Crippen molar-refractivity contribution in [1.82, 2.24) is 15.0 Å². The SMILES string of the molecule is O=S(Cc1ccccn1)c1nc2ccc(Cl)cc2[nH]1. The standard InChI is InChI=1S/C13H10ClN3OS/c14-9-4-5-11-12(7-9)17-13(16-11)19(18)8-10-3-1-2-6-15-10/h1-7H,8H2,(H,16,17). The van der Waals surface area contributed by atoms with Crippen LogP contribution in [-0.4, -0.2) is 19.2 Å². The third-order valence-corrected chi connectivity index (χ3v) is 4.06. The van der Waals surface area contributed by atoms with Gasteiger partial charge in [-0.1, -0.05) is 17.7 Å². The normalized spacial score (nSPS) is 12.7. The second kappa shape index (κ2) is 5.11. The number of nitrogens with one attached hydrogen (secondary N) is 1. The summed E-state index contributed by atoms with van der Waals surface area (Å²) >= 11 is 5.90. The molecular formula is C13H10ClN3OS. The Hall–Kier alpha value is -1.72.